The molecule has 2 bridgehead atoms. The third-order valence-corrected chi connectivity index (χ3v) is 3.95. The first kappa shape index (κ1) is 15.7. The smallest absolute Gasteiger partial charge is 0.368 e. The van der Waals surface area contributed by atoms with Gasteiger partial charge in [-0.05, 0) is 12.5 Å². The third kappa shape index (κ3) is 2.75. The number of amides is 3. The molecule has 9 nitrogen and oxygen atoms in total. The van der Waals surface area contributed by atoms with E-state index in [9.17, 15) is 18.8 Å². The SMILES string of the molecule is CC1=C[C@@H]2CN(C(=O)N2O[C@@H](F)C(=O)O)[C@@H]1C(=O)NC1COC1. The van der Waals surface area contributed by atoms with E-state index in [1.807, 2.05) is 0 Å². The number of fused-ring (bicyclic) bond motifs is 2. The Morgan fingerprint density at radius 1 is 1.52 bits per heavy atom. The Hall–Kier alpha value is -2.20. The van der Waals surface area contributed by atoms with Crippen LogP contribution in [0.2, 0.25) is 0 Å². The van der Waals surface area contributed by atoms with E-state index in [-0.39, 0.29) is 18.5 Å². The number of carbonyl (C=O) groups excluding carboxylic acids is 2. The normalized spacial score (nSPS) is 28.3. The summed E-state index contributed by atoms with van der Waals surface area (Å²) < 4.78 is 18.2. The monoisotopic (exact) mass is 329 g/mol. The number of carbonyl (C=O) groups is 3. The third-order valence-electron chi connectivity index (χ3n) is 3.95. The van der Waals surface area contributed by atoms with Gasteiger partial charge in [-0.2, -0.15) is 5.06 Å². The average molecular weight is 329 g/mol. The molecule has 23 heavy (non-hydrogen) atoms. The Morgan fingerprint density at radius 2 is 2.22 bits per heavy atom. The van der Waals surface area contributed by atoms with Gasteiger partial charge in [0, 0.05) is 0 Å². The molecular weight excluding hydrogens is 313 g/mol. The van der Waals surface area contributed by atoms with E-state index in [0.29, 0.717) is 23.9 Å². The zero-order valence-electron chi connectivity index (χ0n) is 12.3. The fourth-order valence-corrected chi connectivity index (χ4v) is 2.81. The molecule has 0 spiro atoms. The molecule has 2 N–H and O–H groups in total. The second-order valence-corrected chi connectivity index (χ2v) is 5.64. The van der Waals surface area contributed by atoms with Crippen LogP contribution in [-0.4, -0.2) is 77.2 Å². The van der Waals surface area contributed by atoms with Gasteiger partial charge in [-0.15, -0.1) is 0 Å². The predicted molar refractivity (Wildman–Crippen MR) is 71.6 cm³/mol. The van der Waals surface area contributed by atoms with Crippen molar-refractivity contribution in [1.29, 1.82) is 0 Å². The van der Waals surface area contributed by atoms with Crippen molar-refractivity contribution >= 4 is 17.9 Å². The minimum Gasteiger partial charge on any atom is -0.477 e. The summed E-state index contributed by atoms with van der Waals surface area (Å²) in [7, 11) is 0. The van der Waals surface area contributed by atoms with Crippen LogP contribution in [0.5, 0.6) is 0 Å². The number of ether oxygens (including phenoxy) is 1. The van der Waals surface area contributed by atoms with Gasteiger partial charge < -0.3 is 20.1 Å². The molecule has 2 fully saturated rings. The Bertz CT molecular complexity index is 578. The highest BCUT2D eigenvalue weighted by Crippen LogP contribution is 2.30. The number of carboxylic acid groups (broad SMARTS) is 1. The van der Waals surface area contributed by atoms with Gasteiger partial charge in [-0.25, -0.2) is 18.8 Å². The van der Waals surface area contributed by atoms with Crippen LogP contribution < -0.4 is 5.32 Å². The highest BCUT2D eigenvalue weighted by molar-refractivity contribution is 5.91. The maximum Gasteiger partial charge on any atom is 0.368 e. The molecule has 3 atom stereocenters. The molecule has 0 aromatic carbocycles. The molecule has 3 aliphatic rings. The van der Waals surface area contributed by atoms with Crippen LogP contribution in [0.1, 0.15) is 6.92 Å². The van der Waals surface area contributed by atoms with Crippen LogP contribution in [0.4, 0.5) is 9.18 Å². The lowest BCUT2D eigenvalue weighted by atomic mass is 9.99. The lowest BCUT2D eigenvalue weighted by molar-refractivity contribution is -0.219. The molecule has 126 valence electrons. The number of nitrogens with one attached hydrogen (secondary N) is 1. The van der Waals surface area contributed by atoms with E-state index in [1.54, 1.807) is 13.0 Å². The number of halogens is 1. The molecule has 0 radical (unpaired) electrons. The highest BCUT2D eigenvalue weighted by Gasteiger charge is 2.49. The van der Waals surface area contributed by atoms with Gasteiger partial charge in [0.25, 0.3) is 0 Å². The number of rotatable bonds is 5. The molecule has 0 aromatic rings. The van der Waals surface area contributed by atoms with Crippen LogP contribution >= 0.6 is 0 Å². The lowest BCUT2D eigenvalue weighted by Gasteiger charge is -2.33. The molecule has 3 amide bonds. The minimum atomic E-state index is -2.65. The summed E-state index contributed by atoms with van der Waals surface area (Å²) in [6.07, 6.45) is -1.04. The molecule has 3 rings (SSSR count). The van der Waals surface area contributed by atoms with Crippen molar-refractivity contribution < 1.29 is 33.5 Å². The first-order chi connectivity index (χ1) is 10.9. The Labute approximate surface area is 130 Å². The van der Waals surface area contributed by atoms with Crippen LogP contribution in [-0.2, 0) is 19.2 Å². The van der Waals surface area contributed by atoms with E-state index in [4.69, 9.17) is 9.84 Å². The summed E-state index contributed by atoms with van der Waals surface area (Å²) in [6, 6.07) is -2.27. The molecule has 10 heteroatoms. The molecular formula is C13H16FN3O6. The number of alkyl halides is 1. The number of nitrogens with zero attached hydrogens (tertiary/aromatic N) is 2. The van der Waals surface area contributed by atoms with Crippen molar-refractivity contribution in [3.05, 3.63) is 11.6 Å². The van der Waals surface area contributed by atoms with E-state index < -0.39 is 30.4 Å². The number of hydrogen-bond acceptors (Lipinski definition) is 5. The van der Waals surface area contributed by atoms with Crippen molar-refractivity contribution in [3.8, 4) is 0 Å². The molecule has 3 aliphatic heterocycles. The summed E-state index contributed by atoms with van der Waals surface area (Å²) >= 11 is 0. The van der Waals surface area contributed by atoms with Gasteiger partial charge in [0.05, 0.1) is 31.8 Å². The molecule has 3 heterocycles. The van der Waals surface area contributed by atoms with Gasteiger partial charge in [0.1, 0.15) is 6.04 Å². The topological polar surface area (TPSA) is 108 Å². The van der Waals surface area contributed by atoms with Gasteiger partial charge in [0.15, 0.2) is 0 Å². The number of urea groups is 1. The standard InChI is InChI=1S/C13H16FN3O6/c1-6-2-8-3-16(9(6)11(18)15-7-4-22-5-7)13(21)17(8)23-10(14)12(19)20/h2,7-10H,3-5H2,1H3,(H,15,18)(H,19,20)/t8-,9+,10-/m1/s1. The van der Waals surface area contributed by atoms with Gasteiger partial charge in [0.2, 0.25) is 5.91 Å². The summed E-state index contributed by atoms with van der Waals surface area (Å²) in [5, 5.41) is 12.0. The maximum atomic E-state index is 13.2. The van der Waals surface area contributed by atoms with Gasteiger partial charge in [-0.1, -0.05) is 6.08 Å². The lowest BCUT2D eigenvalue weighted by Crippen LogP contribution is -2.56. The van der Waals surface area contributed by atoms with Crippen LogP contribution in [0.15, 0.2) is 11.6 Å². The van der Waals surface area contributed by atoms with Crippen LogP contribution in [0.3, 0.4) is 0 Å². The number of aliphatic carboxylic acids is 1. The fraction of sp³-hybridized carbons (Fsp3) is 0.615. The molecule has 0 unspecified atom stereocenters. The predicted octanol–water partition coefficient (Wildman–Crippen LogP) is -0.752. The summed E-state index contributed by atoms with van der Waals surface area (Å²) in [5.41, 5.74) is 0.615. The number of hydrogen-bond donors (Lipinski definition) is 2. The van der Waals surface area contributed by atoms with E-state index >= 15 is 0 Å². The van der Waals surface area contributed by atoms with Crippen molar-refractivity contribution in [1.82, 2.24) is 15.3 Å². The van der Waals surface area contributed by atoms with Crippen LogP contribution in [0, 0.1) is 0 Å². The Kier molecular flexibility index (Phi) is 3.94. The maximum absolute atomic E-state index is 13.2. The second-order valence-electron chi connectivity index (χ2n) is 5.64. The summed E-state index contributed by atoms with van der Waals surface area (Å²) in [6.45, 7) is 2.66. The van der Waals surface area contributed by atoms with Crippen molar-refractivity contribution in [2.75, 3.05) is 19.8 Å². The van der Waals surface area contributed by atoms with Crippen molar-refractivity contribution in [3.63, 3.8) is 0 Å². The Morgan fingerprint density at radius 3 is 2.78 bits per heavy atom. The van der Waals surface area contributed by atoms with Gasteiger partial charge in [-0.3, -0.25) is 4.79 Å². The van der Waals surface area contributed by atoms with Crippen LogP contribution in [0.25, 0.3) is 0 Å². The highest BCUT2D eigenvalue weighted by atomic mass is 19.1. The van der Waals surface area contributed by atoms with Gasteiger partial charge >= 0.3 is 18.4 Å². The average Bonchev–Trinajstić information content (AvgIpc) is 2.68. The zero-order chi connectivity index (χ0) is 16.7. The first-order valence-corrected chi connectivity index (χ1v) is 7.08. The van der Waals surface area contributed by atoms with Crippen molar-refractivity contribution in [2.24, 2.45) is 0 Å². The summed E-state index contributed by atoms with van der Waals surface area (Å²) in [5.74, 6) is -2.18. The molecule has 0 saturated carbocycles. The van der Waals surface area contributed by atoms with E-state index in [2.05, 4.69) is 10.2 Å². The fourth-order valence-electron chi connectivity index (χ4n) is 2.81. The zero-order valence-corrected chi connectivity index (χ0v) is 12.3. The first-order valence-electron chi connectivity index (χ1n) is 7.08. The van der Waals surface area contributed by atoms with Crippen molar-refractivity contribution in [2.45, 2.75) is 31.4 Å². The molecule has 0 aromatic heterocycles. The van der Waals surface area contributed by atoms with E-state index in [1.165, 1.54) is 4.90 Å². The largest absolute Gasteiger partial charge is 0.477 e. The molecule has 0 aliphatic carbocycles. The van der Waals surface area contributed by atoms with E-state index in [0.717, 1.165) is 0 Å². The Balaban J connectivity index is 1.73. The molecule has 2 saturated heterocycles. The summed E-state index contributed by atoms with van der Waals surface area (Å²) in [4.78, 5) is 41.0. The minimum absolute atomic E-state index is 0.0830. The number of hydroxylamine groups is 2. The second kappa shape index (κ2) is 5.78. The quantitative estimate of drug-likeness (QED) is 0.643. The number of carboxylic acids is 1.